The predicted octanol–water partition coefficient (Wildman–Crippen LogP) is 5.80. The van der Waals surface area contributed by atoms with Gasteiger partial charge in [-0.3, -0.25) is 4.57 Å². The molecule has 2 aromatic carbocycles. The number of allylic oxidation sites excluding steroid dienone is 1. The highest BCUT2D eigenvalue weighted by atomic mass is 35.5. The lowest BCUT2D eigenvalue weighted by atomic mass is 10.2. The van der Waals surface area contributed by atoms with Crippen molar-refractivity contribution in [3.05, 3.63) is 84.0 Å². The van der Waals surface area contributed by atoms with Crippen LogP contribution in [0, 0.1) is 6.08 Å². The molecule has 0 spiro atoms. The summed E-state index contributed by atoms with van der Waals surface area (Å²) < 4.78 is 37.5. The lowest BCUT2D eigenvalue weighted by Gasteiger charge is -2.43. The number of halogens is 3. The van der Waals surface area contributed by atoms with E-state index < -0.39 is 14.4 Å². The van der Waals surface area contributed by atoms with E-state index in [1.807, 2.05) is 36.4 Å². The molecule has 0 unspecified atom stereocenters. The van der Waals surface area contributed by atoms with Crippen molar-refractivity contribution in [2.75, 3.05) is 6.61 Å². The molecule has 1 atom stereocenters. The molecule has 3 heterocycles. The molecule has 186 valence electrons. The van der Waals surface area contributed by atoms with Gasteiger partial charge in [0.05, 0.1) is 0 Å². The summed E-state index contributed by atoms with van der Waals surface area (Å²) in [6.07, 6.45) is 0.613. The molecular weight excluding hydrogens is 518 g/mol. The van der Waals surface area contributed by atoms with E-state index in [1.165, 1.54) is 33.0 Å². The smallest absolute Gasteiger partial charge is 0.312 e. The van der Waals surface area contributed by atoms with Gasteiger partial charge < -0.3 is 4.43 Å². The quantitative estimate of drug-likeness (QED) is 0.175. The van der Waals surface area contributed by atoms with Crippen molar-refractivity contribution < 1.29 is 13.2 Å². The number of rotatable bonds is 6. The van der Waals surface area contributed by atoms with Crippen molar-refractivity contribution in [3.63, 3.8) is 0 Å². The van der Waals surface area contributed by atoms with Crippen molar-refractivity contribution in [2.24, 2.45) is 0 Å². The molecule has 0 fully saturated rings. The summed E-state index contributed by atoms with van der Waals surface area (Å²) in [6, 6.07) is 20.7. The minimum atomic E-state index is -2.75. The van der Waals surface area contributed by atoms with E-state index in [1.54, 1.807) is 0 Å². The highest BCUT2D eigenvalue weighted by Crippen LogP contribution is 2.44. The molecule has 5 rings (SSSR count). The van der Waals surface area contributed by atoms with E-state index >= 15 is 4.39 Å². The van der Waals surface area contributed by atoms with Crippen LogP contribution in [-0.4, -0.2) is 39.7 Å². The van der Waals surface area contributed by atoms with Crippen LogP contribution in [0.1, 0.15) is 27.2 Å². The van der Waals surface area contributed by atoms with Gasteiger partial charge in [0.15, 0.2) is 10.8 Å². The Morgan fingerprint density at radius 1 is 1.03 bits per heavy atom. The first-order valence-electron chi connectivity index (χ1n) is 11.6. The fourth-order valence-electron chi connectivity index (χ4n) is 4.80. The summed E-state index contributed by atoms with van der Waals surface area (Å²) in [5, 5.41) is 2.21. The third-order valence-electron chi connectivity index (χ3n) is 6.36. The summed E-state index contributed by atoms with van der Waals surface area (Å²) in [4.78, 5) is 11.5. The molecule has 0 saturated carbocycles. The van der Waals surface area contributed by atoms with Crippen LogP contribution in [0.5, 0.6) is 0 Å². The maximum atomic E-state index is 15.2. The van der Waals surface area contributed by atoms with Crippen molar-refractivity contribution in [1.29, 1.82) is 0 Å². The van der Waals surface area contributed by atoms with Gasteiger partial charge in [0.1, 0.15) is 22.7 Å². The Labute approximate surface area is 218 Å². The summed E-state index contributed by atoms with van der Waals surface area (Å²) in [7, 11) is -2.75. The molecule has 4 aromatic rings. The normalized spacial score (nSPS) is 16.8. The topological polar surface area (TPSA) is 52.8 Å². The number of nitrogens with zero attached hydrogens (tertiary/aromatic N) is 4. The van der Waals surface area contributed by atoms with Crippen LogP contribution in [-0.2, 0) is 4.43 Å². The van der Waals surface area contributed by atoms with Crippen molar-refractivity contribution in [1.82, 2.24) is 19.5 Å². The molecule has 0 bridgehead atoms. The van der Waals surface area contributed by atoms with E-state index in [0.717, 1.165) is 0 Å². The average Bonchev–Trinajstić information content (AvgIpc) is 3.43. The number of aromatic nitrogens is 4. The van der Waals surface area contributed by atoms with Crippen LogP contribution in [0.3, 0.4) is 0 Å². The molecule has 36 heavy (non-hydrogen) atoms. The van der Waals surface area contributed by atoms with Gasteiger partial charge in [0.25, 0.3) is 8.32 Å². The number of thioether (sulfide) groups is 1. The maximum Gasteiger partial charge on any atom is 0.312 e. The van der Waals surface area contributed by atoms with E-state index in [-0.39, 0.29) is 38.9 Å². The van der Waals surface area contributed by atoms with Crippen molar-refractivity contribution in [2.45, 2.75) is 37.5 Å². The first kappa shape index (κ1) is 25.1. The SMILES string of the molecule is CC(C)(C)[Si](OC[C@@H]1CC(F)=C(n2cnc3c(Cl)nc(F)nc32)S1)(c1ccccc1)c1ccccc1. The van der Waals surface area contributed by atoms with Crippen LogP contribution in [0.15, 0.2) is 72.8 Å². The van der Waals surface area contributed by atoms with Gasteiger partial charge in [-0.1, -0.05) is 105 Å². The summed E-state index contributed by atoms with van der Waals surface area (Å²) in [6.45, 7) is 6.98. The Hall–Kier alpha value is -2.59. The molecule has 10 heteroatoms. The molecule has 0 aliphatic carbocycles. The predicted molar refractivity (Wildman–Crippen MR) is 144 cm³/mol. The number of hydrogen-bond donors (Lipinski definition) is 0. The van der Waals surface area contributed by atoms with E-state index in [9.17, 15) is 4.39 Å². The Kier molecular flexibility index (Phi) is 6.76. The summed E-state index contributed by atoms with van der Waals surface area (Å²) in [5.74, 6) is -0.314. The fraction of sp³-hybridized carbons (Fsp3) is 0.269. The van der Waals surface area contributed by atoms with E-state index in [4.69, 9.17) is 16.0 Å². The molecule has 1 aliphatic rings. The Morgan fingerprint density at radius 2 is 1.64 bits per heavy atom. The number of imidazole rings is 1. The molecule has 0 N–H and O–H groups in total. The number of fused-ring (bicyclic) bond motifs is 1. The lowest BCUT2D eigenvalue weighted by Crippen LogP contribution is -2.67. The molecule has 1 aliphatic heterocycles. The molecule has 0 radical (unpaired) electrons. The molecular formula is C26H25ClF2N4OSSi. The van der Waals surface area contributed by atoms with Crippen LogP contribution < -0.4 is 10.4 Å². The van der Waals surface area contributed by atoms with Gasteiger partial charge in [0, 0.05) is 18.3 Å². The van der Waals surface area contributed by atoms with E-state index in [2.05, 4.69) is 60.0 Å². The van der Waals surface area contributed by atoms with Crippen LogP contribution in [0.4, 0.5) is 8.78 Å². The third kappa shape index (κ3) is 4.38. The highest BCUT2D eigenvalue weighted by Gasteiger charge is 2.50. The number of hydrogen-bond acceptors (Lipinski definition) is 5. The second-order valence-electron chi connectivity index (χ2n) is 9.70. The average molecular weight is 543 g/mol. The van der Waals surface area contributed by atoms with E-state index in [0.29, 0.717) is 11.6 Å². The van der Waals surface area contributed by atoms with Crippen molar-refractivity contribution in [3.8, 4) is 0 Å². The largest absolute Gasteiger partial charge is 0.406 e. The zero-order valence-electron chi connectivity index (χ0n) is 20.1. The van der Waals surface area contributed by atoms with Crippen LogP contribution in [0.2, 0.25) is 10.2 Å². The maximum absolute atomic E-state index is 15.2. The van der Waals surface area contributed by atoms with Gasteiger partial charge in [-0.25, -0.2) is 9.37 Å². The van der Waals surface area contributed by atoms with Gasteiger partial charge in [-0.2, -0.15) is 14.4 Å². The van der Waals surface area contributed by atoms with Crippen LogP contribution in [0.25, 0.3) is 16.2 Å². The molecule has 5 nitrogen and oxygen atoms in total. The molecule has 0 amide bonds. The van der Waals surface area contributed by atoms with Gasteiger partial charge in [0.2, 0.25) is 0 Å². The second-order valence-corrected chi connectivity index (χ2v) is 15.7. The monoisotopic (exact) mass is 542 g/mol. The number of benzene rings is 2. The Morgan fingerprint density at radius 3 is 2.22 bits per heavy atom. The first-order chi connectivity index (χ1) is 17.2. The lowest BCUT2D eigenvalue weighted by molar-refractivity contribution is 0.295. The highest BCUT2D eigenvalue weighted by molar-refractivity contribution is 8.08. The zero-order valence-corrected chi connectivity index (χ0v) is 22.7. The van der Waals surface area contributed by atoms with Crippen LogP contribution >= 0.6 is 23.4 Å². The Balaban J connectivity index is 1.46. The molecule has 0 saturated heterocycles. The van der Waals surface area contributed by atoms with Gasteiger partial charge >= 0.3 is 6.08 Å². The minimum absolute atomic E-state index is 0.105. The van der Waals surface area contributed by atoms with Gasteiger partial charge in [-0.05, 0) is 15.4 Å². The third-order valence-corrected chi connectivity index (χ3v) is 12.9. The molecule has 2 aromatic heterocycles. The summed E-state index contributed by atoms with van der Waals surface area (Å²) in [5.41, 5.74) is 0.365. The zero-order chi connectivity index (χ0) is 25.5. The summed E-state index contributed by atoms with van der Waals surface area (Å²) >= 11 is 7.35. The van der Waals surface area contributed by atoms with Crippen molar-refractivity contribution >= 4 is 58.2 Å². The first-order valence-corrected chi connectivity index (χ1v) is 14.7. The fourth-order valence-corrected chi connectivity index (χ4v) is 10.9. The standard InChI is InChI=1S/C26H25ClF2N4OSSi/c1-26(2,3)36(18-10-6-4-7-11-18,19-12-8-5-9-13-19)34-15-17-14-20(28)24(35-17)33-16-30-21-22(27)31-25(29)32-23(21)33/h4-13,16-17H,14-15H2,1-3H3/t17-/m0/s1. The van der Waals surface area contributed by atoms with Gasteiger partial charge in [-0.15, -0.1) is 0 Å². The Bertz CT molecular complexity index is 1390. The minimum Gasteiger partial charge on any atom is -0.406 e. The second kappa shape index (κ2) is 9.70.